The molecule has 0 fully saturated rings. The van der Waals surface area contributed by atoms with E-state index < -0.39 is 0 Å². The second-order valence-corrected chi connectivity index (χ2v) is 2.28. The molecule has 0 unspecified atom stereocenters. The average Bonchev–Trinajstić information content (AvgIpc) is 2.48. The lowest BCUT2D eigenvalue weighted by Gasteiger charge is -1.94. The highest BCUT2D eigenvalue weighted by atomic mass is 16.6. The van der Waals surface area contributed by atoms with Gasteiger partial charge < -0.3 is 4.84 Å². The standard InChI is InChI=1S/C7H13N3O/c1-2-10-5-3-7(9-10)4-6-11-8/h3,5H,2,4,6,8H2,1H3. The van der Waals surface area contributed by atoms with Gasteiger partial charge in [0.1, 0.15) is 0 Å². The third-order valence-electron chi connectivity index (χ3n) is 1.50. The monoisotopic (exact) mass is 155 g/mol. The maximum atomic E-state index is 4.88. The highest BCUT2D eigenvalue weighted by molar-refractivity contribution is 4.98. The van der Waals surface area contributed by atoms with Crippen LogP contribution in [0.25, 0.3) is 0 Å². The zero-order valence-corrected chi connectivity index (χ0v) is 6.66. The van der Waals surface area contributed by atoms with Crippen LogP contribution in [-0.4, -0.2) is 16.4 Å². The third-order valence-corrected chi connectivity index (χ3v) is 1.50. The molecule has 0 aliphatic rings. The molecule has 1 heterocycles. The first-order valence-corrected chi connectivity index (χ1v) is 3.71. The van der Waals surface area contributed by atoms with Crippen molar-refractivity contribution in [2.75, 3.05) is 6.61 Å². The molecule has 4 heteroatoms. The Bertz CT molecular complexity index is 209. The van der Waals surface area contributed by atoms with Gasteiger partial charge in [-0.25, -0.2) is 5.90 Å². The second kappa shape index (κ2) is 4.10. The van der Waals surface area contributed by atoms with E-state index in [-0.39, 0.29) is 0 Å². The van der Waals surface area contributed by atoms with Crippen LogP contribution in [0.15, 0.2) is 12.3 Å². The van der Waals surface area contributed by atoms with E-state index >= 15 is 0 Å². The Labute approximate surface area is 65.9 Å². The van der Waals surface area contributed by atoms with Crippen LogP contribution in [0.2, 0.25) is 0 Å². The van der Waals surface area contributed by atoms with Crippen molar-refractivity contribution in [1.82, 2.24) is 9.78 Å². The molecule has 0 saturated heterocycles. The van der Waals surface area contributed by atoms with E-state index in [1.165, 1.54) is 0 Å². The molecular weight excluding hydrogens is 142 g/mol. The lowest BCUT2D eigenvalue weighted by atomic mass is 10.3. The minimum atomic E-state index is 0.528. The number of aromatic nitrogens is 2. The molecule has 1 aromatic rings. The molecule has 4 nitrogen and oxygen atoms in total. The molecule has 1 aromatic heterocycles. The fourth-order valence-corrected chi connectivity index (χ4v) is 0.877. The molecule has 0 aliphatic heterocycles. The summed E-state index contributed by atoms with van der Waals surface area (Å²) in [6, 6.07) is 1.97. The summed E-state index contributed by atoms with van der Waals surface area (Å²) in [7, 11) is 0. The number of rotatable bonds is 4. The van der Waals surface area contributed by atoms with E-state index in [9.17, 15) is 0 Å². The second-order valence-electron chi connectivity index (χ2n) is 2.28. The summed E-state index contributed by atoms with van der Waals surface area (Å²) in [4.78, 5) is 4.44. The number of hydrogen-bond acceptors (Lipinski definition) is 3. The fourth-order valence-electron chi connectivity index (χ4n) is 0.877. The molecule has 0 saturated carbocycles. The van der Waals surface area contributed by atoms with Gasteiger partial charge in [-0.1, -0.05) is 0 Å². The van der Waals surface area contributed by atoms with Crippen LogP contribution in [0.1, 0.15) is 12.6 Å². The van der Waals surface area contributed by atoms with E-state index in [0.717, 1.165) is 18.7 Å². The SMILES string of the molecule is CCn1ccc(CCON)n1. The Kier molecular flexibility index (Phi) is 3.07. The van der Waals surface area contributed by atoms with Crippen molar-refractivity contribution in [3.63, 3.8) is 0 Å². The lowest BCUT2D eigenvalue weighted by Crippen LogP contribution is -2.04. The zero-order valence-electron chi connectivity index (χ0n) is 6.66. The molecule has 0 atom stereocenters. The number of nitrogens with two attached hydrogens (primary N) is 1. The number of aryl methyl sites for hydroxylation is 1. The summed E-state index contributed by atoms with van der Waals surface area (Å²) in [5, 5.41) is 4.25. The van der Waals surface area contributed by atoms with E-state index in [0.29, 0.717) is 6.61 Å². The van der Waals surface area contributed by atoms with Crippen molar-refractivity contribution >= 4 is 0 Å². The van der Waals surface area contributed by atoms with E-state index in [2.05, 4.69) is 16.9 Å². The molecule has 0 aliphatic carbocycles. The van der Waals surface area contributed by atoms with Crippen molar-refractivity contribution in [1.29, 1.82) is 0 Å². The van der Waals surface area contributed by atoms with Gasteiger partial charge in [-0.2, -0.15) is 5.10 Å². The topological polar surface area (TPSA) is 53.1 Å². The summed E-state index contributed by atoms with van der Waals surface area (Å²) in [5.74, 6) is 4.88. The van der Waals surface area contributed by atoms with Crippen LogP contribution in [0, 0.1) is 0 Å². The van der Waals surface area contributed by atoms with Crippen LogP contribution in [0.4, 0.5) is 0 Å². The van der Waals surface area contributed by atoms with Crippen LogP contribution in [0.3, 0.4) is 0 Å². The molecule has 0 radical (unpaired) electrons. The quantitative estimate of drug-likeness (QED) is 0.638. The van der Waals surface area contributed by atoms with E-state index in [4.69, 9.17) is 5.90 Å². The van der Waals surface area contributed by atoms with Crippen molar-refractivity contribution in [2.45, 2.75) is 19.9 Å². The van der Waals surface area contributed by atoms with Gasteiger partial charge in [0.15, 0.2) is 0 Å². The molecule has 0 spiro atoms. The van der Waals surface area contributed by atoms with Crippen molar-refractivity contribution in [3.05, 3.63) is 18.0 Å². The van der Waals surface area contributed by atoms with Crippen LogP contribution in [-0.2, 0) is 17.8 Å². The molecule has 1 rings (SSSR count). The predicted molar refractivity (Wildman–Crippen MR) is 41.7 cm³/mol. The predicted octanol–water partition coefficient (Wildman–Crippen LogP) is 0.336. The van der Waals surface area contributed by atoms with E-state index in [1.807, 2.05) is 16.9 Å². The molecule has 11 heavy (non-hydrogen) atoms. The zero-order chi connectivity index (χ0) is 8.10. The van der Waals surface area contributed by atoms with Gasteiger partial charge in [0.2, 0.25) is 0 Å². The Balaban J connectivity index is 2.44. The molecule has 2 N–H and O–H groups in total. The summed E-state index contributed by atoms with van der Waals surface area (Å²) >= 11 is 0. The molecule has 0 aromatic carbocycles. The summed E-state index contributed by atoms with van der Waals surface area (Å²) in [5.41, 5.74) is 1.03. The fraction of sp³-hybridized carbons (Fsp3) is 0.571. The van der Waals surface area contributed by atoms with Crippen molar-refractivity contribution in [2.24, 2.45) is 5.90 Å². The average molecular weight is 155 g/mol. The van der Waals surface area contributed by atoms with Gasteiger partial charge in [0.05, 0.1) is 12.3 Å². The van der Waals surface area contributed by atoms with Gasteiger partial charge >= 0.3 is 0 Å². The Morgan fingerprint density at radius 2 is 2.55 bits per heavy atom. The highest BCUT2D eigenvalue weighted by Crippen LogP contribution is 1.96. The lowest BCUT2D eigenvalue weighted by molar-refractivity contribution is 0.140. The molecule has 62 valence electrons. The first-order valence-electron chi connectivity index (χ1n) is 3.71. The normalized spacial score (nSPS) is 10.4. The number of nitrogens with zero attached hydrogens (tertiary/aromatic N) is 2. The van der Waals surface area contributed by atoms with Crippen molar-refractivity contribution < 1.29 is 4.84 Å². The smallest absolute Gasteiger partial charge is 0.0735 e. The highest BCUT2D eigenvalue weighted by Gasteiger charge is 1.95. The van der Waals surface area contributed by atoms with Gasteiger partial charge in [0, 0.05) is 19.2 Å². The Morgan fingerprint density at radius 1 is 1.73 bits per heavy atom. The molecule has 0 bridgehead atoms. The minimum Gasteiger partial charge on any atom is -0.304 e. The van der Waals surface area contributed by atoms with Gasteiger partial charge in [-0.3, -0.25) is 4.68 Å². The maximum Gasteiger partial charge on any atom is 0.0735 e. The summed E-state index contributed by atoms with van der Waals surface area (Å²) < 4.78 is 1.88. The maximum absolute atomic E-state index is 4.88. The number of hydrogen-bond donors (Lipinski definition) is 1. The first-order chi connectivity index (χ1) is 5.36. The molecule has 0 amide bonds. The largest absolute Gasteiger partial charge is 0.304 e. The third kappa shape index (κ3) is 2.32. The van der Waals surface area contributed by atoms with Crippen molar-refractivity contribution in [3.8, 4) is 0 Å². The van der Waals surface area contributed by atoms with Gasteiger partial charge in [-0.15, -0.1) is 0 Å². The van der Waals surface area contributed by atoms with Crippen LogP contribution in [0.5, 0.6) is 0 Å². The molecular formula is C7H13N3O. The summed E-state index contributed by atoms with van der Waals surface area (Å²) in [6.45, 7) is 3.49. The van der Waals surface area contributed by atoms with Crippen LogP contribution < -0.4 is 5.90 Å². The first kappa shape index (κ1) is 8.23. The summed E-state index contributed by atoms with van der Waals surface area (Å²) in [6.07, 6.45) is 2.73. The Hall–Kier alpha value is -0.870. The Morgan fingerprint density at radius 3 is 3.09 bits per heavy atom. The minimum absolute atomic E-state index is 0.528. The van der Waals surface area contributed by atoms with E-state index in [1.54, 1.807) is 0 Å². The van der Waals surface area contributed by atoms with Gasteiger partial charge in [0.25, 0.3) is 0 Å². The van der Waals surface area contributed by atoms with Crippen LogP contribution >= 0.6 is 0 Å². The van der Waals surface area contributed by atoms with Gasteiger partial charge in [-0.05, 0) is 13.0 Å².